The molecule has 0 N–H and O–H groups in total. The molecule has 0 fully saturated rings. The summed E-state index contributed by atoms with van der Waals surface area (Å²) in [5, 5.41) is 1.12. The predicted octanol–water partition coefficient (Wildman–Crippen LogP) is 5.57. The molecule has 0 spiro atoms. The molecular formula is C18H29BrO2. The molecule has 0 heterocycles. The Bertz CT molecular complexity index is 311. The van der Waals surface area contributed by atoms with Crippen LogP contribution in [0, 0.1) is 5.92 Å². The van der Waals surface area contributed by atoms with Crippen molar-refractivity contribution >= 4 is 21.9 Å². The lowest BCUT2D eigenvalue weighted by Crippen LogP contribution is -2.06. The lowest BCUT2D eigenvalue weighted by atomic mass is 10.0. The molecule has 0 atom stereocenters. The van der Waals surface area contributed by atoms with E-state index in [2.05, 4.69) is 40.2 Å². The van der Waals surface area contributed by atoms with Gasteiger partial charge in [-0.3, -0.25) is 4.79 Å². The molecule has 1 aliphatic rings. The van der Waals surface area contributed by atoms with Crippen molar-refractivity contribution in [2.75, 3.05) is 11.9 Å². The minimum Gasteiger partial charge on any atom is -0.466 e. The number of allylic oxidation sites excluding steroid dienone is 4. The van der Waals surface area contributed by atoms with Crippen molar-refractivity contribution in [3.05, 3.63) is 24.3 Å². The van der Waals surface area contributed by atoms with Gasteiger partial charge in [0.1, 0.15) is 0 Å². The summed E-state index contributed by atoms with van der Waals surface area (Å²) in [6, 6.07) is 0. The van der Waals surface area contributed by atoms with E-state index in [4.69, 9.17) is 4.74 Å². The number of esters is 1. The van der Waals surface area contributed by atoms with Crippen LogP contribution < -0.4 is 0 Å². The summed E-state index contributed by atoms with van der Waals surface area (Å²) < 4.78 is 5.27. The smallest absolute Gasteiger partial charge is 0.305 e. The van der Waals surface area contributed by atoms with Crippen LogP contribution in [0.2, 0.25) is 0 Å². The quantitative estimate of drug-likeness (QED) is 0.245. The van der Waals surface area contributed by atoms with Gasteiger partial charge in [-0.25, -0.2) is 0 Å². The molecule has 0 radical (unpaired) electrons. The number of unbranched alkanes of at least 4 members (excludes halogenated alkanes) is 6. The van der Waals surface area contributed by atoms with Crippen molar-refractivity contribution < 1.29 is 9.53 Å². The Hall–Kier alpha value is -0.570. The fraction of sp³-hybridized carbons (Fsp3) is 0.722. The average Bonchev–Trinajstić information content (AvgIpc) is 2.99. The molecule has 1 aliphatic carbocycles. The standard InChI is InChI=1S/C18H29BrO2/c19-15-8-4-2-1-3-5-9-16-21-18(20)14-10-13-17-11-6-7-12-17/h6-7,11-12,17H,1-5,8-10,13-16H2. The minimum atomic E-state index is -0.0294. The second-order valence-corrected chi connectivity index (χ2v) is 6.50. The van der Waals surface area contributed by atoms with Crippen LogP contribution in [0.5, 0.6) is 0 Å². The third kappa shape index (κ3) is 10.8. The molecule has 0 bridgehead atoms. The first-order valence-corrected chi connectivity index (χ1v) is 9.51. The summed E-state index contributed by atoms with van der Waals surface area (Å²) in [5.41, 5.74) is 0. The maximum absolute atomic E-state index is 11.6. The minimum absolute atomic E-state index is 0.0294. The highest BCUT2D eigenvalue weighted by molar-refractivity contribution is 9.09. The van der Waals surface area contributed by atoms with Gasteiger partial charge in [-0.05, 0) is 31.6 Å². The summed E-state index contributed by atoms with van der Waals surface area (Å²) in [5.74, 6) is 0.501. The third-order valence-corrected chi connectivity index (χ3v) is 4.35. The average molecular weight is 357 g/mol. The van der Waals surface area contributed by atoms with Crippen LogP contribution in [-0.4, -0.2) is 17.9 Å². The lowest BCUT2D eigenvalue weighted by molar-refractivity contribution is -0.143. The molecule has 0 saturated carbocycles. The van der Waals surface area contributed by atoms with Crippen molar-refractivity contribution in [2.24, 2.45) is 5.92 Å². The highest BCUT2D eigenvalue weighted by Gasteiger charge is 2.07. The summed E-state index contributed by atoms with van der Waals surface area (Å²) in [4.78, 5) is 11.6. The Balaban J connectivity index is 1.80. The first-order chi connectivity index (χ1) is 10.3. The number of alkyl halides is 1. The van der Waals surface area contributed by atoms with Crippen LogP contribution in [0.1, 0.15) is 64.2 Å². The number of halogens is 1. The Morgan fingerprint density at radius 3 is 2.19 bits per heavy atom. The van der Waals surface area contributed by atoms with E-state index < -0.39 is 0 Å². The van der Waals surface area contributed by atoms with Gasteiger partial charge in [-0.1, -0.05) is 72.3 Å². The number of ether oxygens (including phenoxy) is 1. The Morgan fingerprint density at radius 1 is 0.905 bits per heavy atom. The number of rotatable bonds is 13. The van der Waals surface area contributed by atoms with Crippen molar-refractivity contribution in [3.63, 3.8) is 0 Å². The summed E-state index contributed by atoms with van der Waals surface area (Å²) >= 11 is 3.45. The summed E-state index contributed by atoms with van der Waals surface area (Å²) in [6.07, 6.45) is 19.7. The molecule has 0 aromatic carbocycles. The van der Waals surface area contributed by atoms with Gasteiger partial charge in [0.05, 0.1) is 6.61 Å². The monoisotopic (exact) mass is 356 g/mol. The second-order valence-electron chi connectivity index (χ2n) is 5.71. The van der Waals surface area contributed by atoms with Crippen LogP contribution in [0.25, 0.3) is 0 Å². The van der Waals surface area contributed by atoms with Gasteiger partial charge in [-0.15, -0.1) is 0 Å². The Labute approximate surface area is 138 Å². The molecule has 0 aromatic rings. The lowest BCUT2D eigenvalue weighted by Gasteiger charge is -2.06. The van der Waals surface area contributed by atoms with Crippen molar-refractivity contribution in [2.45, 2.75) is 64.2 Å². The molecule has 3 heteroatoms. The van der Waals surface area contributed by atoms with Crippen LogP contribution in [0.15, 0.2) is 24.3 Å². The van der Waals surface area contributed by atoms with Gasteiger partial charge in [0.15, 0.2) is 0 Å². The van der Waals surface area contributed by atoms with E-state index in [1.165, 1.54) is 38.5 Å². The zero-order valence-corrected chi connectivity index (χ0v) is 14.7. The molecule has 2 nitrogen and oxygen atoms in total. The van der Waals surface area contributed by atoms with Gasteiger partial charge in [0, 0.05) is 11.8 Å². The zero-order chi connectivity index (χ0) is 15.2. The van der Waals surface area contributed by atoms with Crippen LogP contribution in [-0.2, 0) is 9.53 Å². The third-order valence-electron chi connectivity index (χ3n) is 3.79. The van der Waals surface area contributed by atoms with Crippen LogP contribution in [0.3, 0.4) is 0 Å². The summed E-state index contributed by atoms with van der Waals surface area (Å²) in [7, 11) is 0. The molecule has 1 rings (SSSR count). The van der Waals surface area contributed by atoms with Gasteiger partial charge >= 0.3 is 5.97 Å². The van der Waals surface area contributed by atoms with Gasteiger partial charge < -0.3 is 4.74 Å². The number of carbonyl (C=O) groups is 1. The number of hydrogen-bond acceptors (Lipinski definition) is 2. The highest BCUT2D eigenvalue weighted by Crippen LogP contribution is 2.16. The van der Waals surface area contributed by atoms with Crippen LogP contribution in [0.4, 0.5) is 0 Å². The summed E-state index contributed by atoms with van der Waals surface area (Å²) in [6.45, 7) is 0.601. The molecule has 0 unspecified atom stereocenters. The molecule has 0 saturated heterocycles. The predicted molar refractivity (Wildman–Crippen MR) is 92.7 cm³/mol. The Morgan fingerprint density at radius 2 is 1.52 bits per heavy atom. The molecule has 21 heavy (non-hydrogen) atoms. The second kappa shape index (κ2) is 13.1. The fourth-order valence-corrected chi connectivity index (χ4v) is 2.89. The van der Waals surface area contributed by atoms with E-state index in [-0.39, 0.29) is 5.97 Å². The van der Waals surface area contributed by atoms with E-state index in [1.54, 1.807) is 0 Å². The SMILES string of the molecule is O=C(CCCC1C=CC=C1)OCCCCCCCCCBr. The van der Waals surface area contributed by atoms with Crippen LogP contribution >= 0.6 is 15.9 Å². The van der Waals surface area contributed by atoms with E-state index in [0.29, 0.717) is 18.9 Å². The van der Waals surface area contributed by atoms with Gasteiger partial charge in [-0.2, -0.15) is 0 Å². The van der Waals surface area contributed by atoms with Crippen molar-refractivity contribution in [1.29, 1.82) is 0 Å². The fourth-order valence-electron chi connectivity index (χ4n) is 2.49. The maximum atomic E-state index is 11.6. The van der Waals surface area contributed by atoms with Gasteiger partial charge in [0.25, 0.3) is 0 Å². The van der Waals surface area contributed by atoms with E-state index in [1.807, 2.05) is 0 Å². The number of hydrogen-bond donors (Lipinski definition) is 0. The normalized spacial score (nSPS) is 14.0. The van der Waals surface area contributed by atoms with Crippen molar-refractivity contribution in [1.82, 2.24) is 0 Å². The van der Waals surface area contributed by atoms with E-state index in [0.717, 1.165) is 24.6 Å². The molecule has 0 amide bonds. The first-order valence-electron chi connectivity index (χ1n) is 8.39. The molecule has 120 valence electrons. The molecule has 0 aliphatic heterocycles. The zero-order valence-electron chi connectivity index (χ0n) is 13.1. The number of carbonyl (C=O) groups excluding carboxylic acids is 1. The maximum Gasteiger partial charge on any atom is 0.305 e. The van der Waals surface area contributed by atoms with E-state index >= 15 is 0 Å². The van der Waals surface area contributed by atoms with E-state index in [9.17, 15) is 4.79 Å². The molecular weight excluding hydrogens is 328 g/mol. The first kappa shape index (κ1) is 18.5. The topological polar surface area (TPSA) is 26.3 Å². The van der Waals surface area contributed by atoms with Crippen molar-refractivity contribution in [3.8, 4) is 0 Å². The molecule has 0 aromatic heterocycles. The highest BCUT2D eigenvalue weighted by atomic mass is 79.9. The van der Waals surface area contributed by atoms with Gasteiger partial charge in [0.2, 0.25) is 0 Å². The Kier molecular flexibility index (Phi) is 11.5. The largest absolute Gasteiger partial charge is 0.466 e.